The Kier molecular flexibility index (Phi) is 6.04. The average Bonchev–Trinajstić information content (AvgIpc) is 2.93. The molecule has 1 unspecified atom stereocenters. The number of ether oxygens (including phenoxy) is 1. The zero-order valence-electron chi connectivity index (χ0n) is 15.2. The lowest BCUT2D eigenvalue weighted by Gasteiger charge is -2.37. The molecule has 0 saturated carbocycles. The highest BCUT2D eigenvalue weighted by Crippen LogP contribution is 2.53. The van der Waals surface area contributed by atoms with Crippen molar-refractivity contribution in [2.24, 2.45) is 17.2 Å². The van der Waals surface area contributed by atoms with Crippen LogP contribution in [0.1, 0.15) is 11.1 Å². The summed E-state index contributed by atoms with van der Waals surface area (Å²) >= 11 is 12.6. The summed E-state index contributed by atoms with van der Waals surface area (Å²) in [5.74, 6) is 0.350. The molecule has 1 aliphatic rings. The fourth-order valence-corrected chi connectivity index (χ4v) is 5.21. The molecule has 2 aromatic rings. The molecule has 3 rings (SSSR count). The maximum Gasteiger partial charge on any atom is 0.258 e. The van der Waals surface area contributed by atoms with Gasteiger partial charge in [0.1, 0.15) is 20.7 Å². The maximum absolute atomic E-state index is 12.0. The van der Waals surface area contributed by atoms with Gasteiger partial charge in [-0.05, 0) is 29.3 Å². The molecule has 1 amide bonds. The number of halogens is 1. The molecule has 0 radical (unpaired) electrons. The van der Waals surface area contributed by atoms with E-state index in [0.717, 1.165) is 16.9 Å². The van der Waals surface area contributed by atoms with Gasteiger partial charge in [0.2, 0.25) is 0 Å². The van der Waals surface area contributed by atoms with Gasteiger partial charge in [-0.25, -0.2) is 0 Å². The lowest BCUT2D eigenvalue weighted by atomic mass is 10.1. The van der Waals surface area contributed by atoms with Crippen LogP contribution in [0, 0.1) is 0 Å². The van der Waals surface area contributed by atoms with Crippen LogP contribution in [0.3, 0.4) is 0 Å². The Morgan fingerprint density at radius 2 is 1.96 bits per heavy atom. The molecule has 0 fully saturated rings. The molecule has 0 saturated heterocycles. The van der Waals surface area contributed by atoms with Crippen LogP contribution in [0.5, 0.6) is 5.75 Å². The Bertz CT molecular complexity index is 936. The van der Waals surface area contributed by atoms with E-state index in [1.807, 2.05) is 36.4 Å². The number of thiol groups is 1. The van der Waals surface area contributed by atoms with Crippen LogP contribution in [0.2, 0.25) is 5.02 Å². The molecule has 28 heavy (non-hydrogen) atoms. The molecule has 0 bridgehead atoms. The molecule has 0 aromatic heterocycles. The van der Waals surface area contributed by atoms with Crippen LogP contribution in [-0.4, -0.2) is 17.2 Å². The van der Waals surface area contributed by atoms with Crippen molar-refractivity contribution in [2.75, 3.05) is 12.0 Å². The van der Waals surface area contributed by atoms with Gasteiger partial charge in [-0.2, -0.15) is 0 Å². The molecule has 0 spiro atoms. The summed E-state index contributed by atoms with van der Waals surface area (Å²) in [5, 5.41) is 0.463. The van der Waals surface area contributed by atoms with E-state index in [9.17, 15) is 4.79 Å². The topological polar surface area (TPSA) is 108 Å². The van der Waals surface area contributed by atoms with Gasteiger partial charge in [0.25, 0.3) is 5.91 Å². The quantitative estimate of drug-likeness (QED) is 0.518. The van der Waals surface area contributed by atoms with E-state index in [-0.39, 0.29) is 17.3 Å². The first kappa shape index (κ1) is 20.7. The fourth-order valence-electron chi connectivity index (χ4n) is 3.12. The van der Waals surface area contributed by atoms with E-state index in [1.54, 1.807) is 18.1 Å². The van der Waals surface area contributed by atoms with Crippen LogP contribution in [0.4, 0.5) is 5.69 Å². The second-order valence-electron chi connectivity index (χ2n) is 6.24. The first-order valence-corrected chi connectivity index (χ1v) is 10.1. The minimum absolute atomic E-state index is 0.212. The van der Waals surface area contributed by atoms with Crippen LogP contribution >= 0.6 is 36.0 Å². The highest BCUT2D eigenvalue weighted by atomic mass is 35.5. The predicted molar refractivity (Wildman–Crippen MR) is 118 cm³/mol. The number of nitrogens with zero attached hydrogens (tertiary/aromatic N) is 1. The highest BCUT2D eigenvalue weighted by Gasteiger charge is 2.46. The van der Waals surface area contributed by atoms with Gasteiger partial charge in [-0.15, -0.1) is 12.6 Å². The number of anilines is 1. The van der Waals surface area contributed by atoms with E-state index < -0.39 is 10.1 Å². The molecular weight excluding hydrogens is 416 g/mol. The summed E-state index contributed by atoms with van der Waals surface area (Å²) in [5.41, 5.74) is 20.2. The number of para-hydroxylation sites is 1. The number of hydrogen-bond acceptors (Lipinski definition) is 7. The first-order chi connectivity index (χ1) is 13.3. The van der Waals surface area contributed by atoms with Gasteiger partial charge in [-0.1, -0.05) is 47.6 Å². The molecule has 6 nitrogen and oxygen atoms in total. The van der Waals surface area contributed by atoms with E-state index in [4.69, 9.17) is 46.2 Å². The van der Waals surface area contributed by atoms with Gasteiger partial charge >= 0.3 is 0 Å². The van der Waals surface area contributed by atoms with Crippen molar-refractivity contribution in [1.82, 2.24) is 0 Å². The molecule has 0 aliphatic carbocycles. The third kappa shape index (κ3) is 3.77. The monoisotopic (exact) mass is 436 g/mol. The van der Waals surface area contributed by atoms with E-state index in [0.29, 0.717) is 17.1 Å². The van der Waals surface area contributed by atoms with Crippen LogP contribution in [-0.2, 0) is 17.8 Å². The zero-order valence-corrected chi connectivity index (χ0v) is 17.7. The fraction of sp³-hybridized carbons (Fsp3) is 0.211. The van der Waals surface area contributed by atoms with E-state index in [1.165, 1.54) is 11.8 Å². The SMILES string of the molecule is COc1ccc(CC2(S)SC(C(N)=O)=C(N)N2c2c(Cl)cccc2CN)cc1. The Morgan fingerprint density at radius 1 is 1.29 bits per heavy atom. The maximum atomic E-state index is 12.0. The van der Waals surface area contributed by atoms with Crippen molar-refractivity contribution in [3.8, 4) is 5.75 Å². The second kappa shape index (κ2) is 8.16. The van der Waals surface area contributed by atoms with E-state index in [2.05, 4.69) is 0 Å². The van der Waals surface area contributed by atoms with Crippen molar-refractivity contribution in [3.05, 3.63) is 69.3 Å². The van der Waals surface area contributed by atoms with Crippen LogP contribution in [0.25, 0.3) is 0 Å². The Hall–Kier alpha value is -2.00. The first-order valence-electron chi connectivity index (χ1n) is 8.42. The van der Waals surface area contributed by atoms with Crippen molar-refractivity contribution in [2.45, 2.75) is 17.2 Å². The predicted octanol–water partition coefficient (Wildman–Crippen LogP) is 2.80. The third-order valence-corrected chi connectivity index (χ3v) is 6.62. The number of thioether (sulfide) groups is 1. The number of amides is 1. The molecule has 2 aromatic carbocycles. The molecule has 9 heteroatoms. The van der Waals surface area contributed by atoms with Gasteiger partial charge in [0, 0.05) is 13.0 Å². The van der Waals surface area contributed by atoms with Crippen molar-refractivity contribution >= 4 is 47.6 Å². The summed E-state index contributed by atoms with van der Waals surface area (Å²) < 4.78 is 4.29. The Morgan fingerprint density at radius 3 is 2.54 bits per heavy atom. The van der Waals surface area contributed by atoms with Gasteiger partial charge in [0.05, 0.1) is 17.8 Å². The van der Waals surface area contributed by atoms with Gasteiger partial charge in [0.15, 0.2) is 0 Å². The number of hydrogen-bond donors (Lipinski definition) is 4. The molecule has 1 atom stereocenters. The third-order valence-electron chi connectivity index (χ3n) is 4.42. The lowest BCUT2D eigenvalue weighted by Crippen LogP contribution is -2.42. The van der Waals surface area contributed by atoms with Crippen LogP contribution < -0.4 is 26.8 Å². The normalized spacial score (nSPS) is 19.2. The summed E-state index contributed by atoms with van der Waals surface area (Å²) in [7, 11) is 1.61. The molecule has 148 valence electrons. The average molecular weight is 437 g/mol. The van der Waals surface area contributed by atoms with Gasteiger partial charge in [-0.3, -0.25) is 4.79 Å². The number of primary amides is 1. The number of methoxy groups -OCH3 is 1. The number of carbonyl (C=O) groups is 1. The van der Waals surface area contributed by atoms with Gasteiger partial charge < -0.3 is 26.8 Å². The van der Waals surface area contributed by atoms with Crippen molar-refractivity contribution in [1.29, 1.82) is 0 Å². The smallest absolute Gasteiger partial charge is 0.258 e. The summed E-state index contributed by atoms with van der Waals surface area (Å²) in [6, 6.07) is 13.0. The van der Waals surface area contributed by atoms with Crippen molar-refractivity contribution in [3.63, 3.8) is 0 Å². The number of benzene rings is 2. The highest BCUT2D eigenvalue weighted by molar-refractivity contribution is 8.15. The molecule has 6 N–H and O–H groups in total. The molecule has 1 heterocycles. The van der Waals surface area contributed by atoms with E-state index >= 15 is 0 Å². The minimum Gasteiger partial charge on any atom is -0.497 e. The summed E-state index contributed by atoms with van der Waals surface area (Å²) in [6.07, 6.45) is 0.456. The summed E-state index contributed by atoms with van der Waals surface area (Å²) in [6.45, 7) is 0.253. The number of nitrogens with two attached hydrogens (primary N) is 3. The Labute approximate surface area is 178 Å². The zero-order chi connectivity index (χ0) is 20.5. The largest absolute Gasteiger partial charge is 0.497 e. The second-order valence-corrected chi connectivity index (χ2v) is 8.97. The summed E-state index contributed by atoms with van der Waals surface area (Å²) in [4.78, 5) is 14.0. The Balaban J connectivity index is 2.10. The molecule has 1 aliphatic heterocycles. The van der Waals surface area contributed by atoms with Crippen LogP contribution in [0.15, 0.2) is 53.2 Å². The minimum atomic E-state index is -0.919. The standard InChI is InChI=1S/C19H21ClN4O2S2/c1-26-13-7-5-11(6-8-13)9-19(27)24(17(22)16(28-19)18(23)25)15-12(10-21)3-2-4-14(15)20/h2-8,27H,9-10,21-22H2,1H3,(H2,23,25). The molecular formula is C19H21ClN4O2S2. The number of rotatable bonds is 6. The lowest BCUT2D eigenvalue weighted by molar-refractivity contribution is -0.113. The number of carbonyl (C=O) groups excluding carboxylic acids is 1. The van der Waals surface area contributed by atoms with Crippen molar-refractivity contribution < 1.29 is 9.53 Å².